The van der Waals surface area contributed by atoms with Gasteiger partial charge in [0.2, 0.25) is 5.91 Å². The number of nitriles is 1. The molecular formula is C16H21N3O. The topological polar surface area (TPSA) is 70.1 Å². The van der Waals surface area contributed by atoms with Gasteiger partial charge in [-0.05, 0) is 25.0 Å². The van der Waals surface area contributed by atoms with E-state index in [1.807, 2.05) is 6.07 Å². The largest absolute Gasteiger partial charge is 0.325 e. The number of benzene rings is 1. The zero-order valence-electron chi connectivity index (χ0n) is 11.9. The van der Waals surface area contributed by atoms with Gasteiger partial charge in [-0.3, -0.25) is 4.79 Å². The standard InChI is InChI=1S/C16H21N3O/c1-19(14-8-4-3-7-13(14)12-17)15(20)11-16(18)9-5-2-6-10-16/h3-4,7-8H,2,5-6,9-11,18H2,1H3. The van der Waals surface area contributed by atoms with Crippen molar-refractivity contribution in [2.45, 2.75) is 44.1 Å². The summed E-state index contributed by atoms with van der Waals surface area (Å²) in [7, 11) is 1.71. The second-order valence-electron chi connectivity index (χ2n) is 5.68. The average Bonchev–Trinajstić information content (AvgIpc) is 2.46. The Hall–Kier alpha value is -1.86. The highest BCUT2D eigenvalue weighted by Gasteiger charge is 2.31. The number of nitrogens with zero attached hydrogens (tertiary/aromatic N) is 2. The van der Waals surface area contributed by atoms with E-state index in [1.54, 1.807) is 30.1 Å². The van der Waals surface area contributed by atoms with E-state index in [9.17, 15) is 4.79 Å². The Labute approximate surface area is 120 Å². The SMILES string of the molecule is CN(C(=O)CC1(N)CCCCC1)c1ccccc1C#N. The second-order valence-corrected chi connectivity index (χ2v) is 5.68. The number of nitrogens with two attached hydrogens (primary N) is 1. The molecule has 0 heterocycles. The van der Waals surface area contributed by atoms with Crippen LogP contribution in [0.15, 0.2) is 24.3 Å². The van der Waals surface area contributed by atoms with Crippen LogP contribution in [0.1, 0.15) is 44.1 Å². The third kappa shape index (κ3) is 3.17. The highest BCUT2D eigenvalue weighted by molar-refractivity contribution is 5.94. The molecule has 1 aliphatic carbocycles. The summed E-state index contributed by atoms with van der Waals surface area (Å²) in [6.45, 7) is 0. The van der Waals surface area contributed by atoms with Gasteiger partial charge in [0, 0.05) is 19.0 Å². The minimum absolute atomic E-state index is 0.0166. The Morgan fingerprint density at radius 2 is 2.00 bits per heavy atom. The first-order valence-electron chi connectivity index (χ1n) is 7.10. The van der Waals surface area contributed by atoms with Crippen LogP contribution in [0.5, 0.6) is 0 Å². The number of amides is 1. The maximum absolute atomic E-state index is 12.4. The van der Waals surface area contributed by atoms with E-state index in [1.165, 1.54) is 6.42 Å². The Kier molecular flexibility index (Phi) is 4.41. The number of para-hydroxylation sites is 1. The highest BCUT2D eigenvalue weighted by atomic mass is 16.2. The zero-order valence-corrected chi connectivity index (χ0v) is 11.9. The van der Waals surface area contributed by atoms with Crippen molar-refractivity contribution in [2.24, 2.45) is 5.73 Å². The molecule has 106 valence electrons. The number of anilines is 1. The summed E-state index contributed by atoms with van der Waals surface area (Å²) in [5, 5.41) is 9.11. The van der Waals surface area contributed by atoms with Crippen molar-refractivity contribution in [3.05, 3.63) is 29.8 Å². The van der Waals surface area contributed by atoms with Crippen LogP contribution in [0.2, 0.25) is 0 Å². The fourth-order valence-corrected chi connectivity index (χ4v) is 2.85. The quantitative estimate of drug-likeness (QED) is 0.918. The van der Waals surface area contributed by atoms with Gasteiger partial charge in [0.25, 0.3) is 0 Å². The zero-order chi connectivity index (χ0) is 14.6. The molecule has 0 bridgehead atoms. The summed E-state index contributed by atoms with van der Waals surface area (Å²) >= 11 is 0. The molecule has 1 aromatic rings. The predicted octanol–water partition coefficient (Wildman–Crippen LogP) is 2.57. The van der Waals surface area contributed by atoms with Crippen LogP contribution >= 0.6 is 0 Å². The van der Waals surface area contributed by atoms with E-state index in [4.69, 9.17) is 11.0 Å². The van der Waals surface area contributed by atoms with Crippen molar-refractivity contribution in [2.75, 3.05) is 11.9 Å². The van der Waals surface area contributed by atoms with Crippen molar-refractivity contribution >= 4 is 11.6 Å². The molecule has 1 saturated carbocycles. The van der Waals surface area contributed by atoms with Crippen LogP contribution in [0.3, 0.4) is 0 Å². The molecule has 1 fully saturated rings. The molecule has 1 aliphatic rings. The van der Waals surface area contributed by atoms with Gasteiger partial charge in [-0.2, -0.15) is 5.26 Å². The molecule has 0 atom stereocenters. The Morgan fingerprint density at radius 1 is 1.35 bits per heavy atom. The molecule has 20 heavy (non-hydrogen) atoms. The number of carbonyl (C=O) groups excluding carboxylic acids is 1. The van der Waals surface area contributed by atoms with Crippen LogP contribution in [0, 0.1) is 11.3 Å². The van der Waals surface area contributed by atoms with Gasteiger partial charge in [-0.1, -0.05) is 31.4 Å². The lowest BCUT2D eigenvalue weighted by molar-refractivity contribution is -0.119. The monoisotopic (exact) mass is 271 g/mol. The average molecular weight is 271 g/mol. The van der Waals surface area contributed by atoms with Crippen LogP contribution in [0.4, 0.5) is 5.69 Å². The van der Waals surface area contributed by atoms with Gasteiger partial charge in [-0.25, -0.2) is 0 Å². The highest BCUT2D eigenvalue weighted by Crippen LogP contribution is 2.30. The smallest absolute Gasteiger partial charge is 0.228 e. The molecular weight excluding hydrogens is 250 g/mol. The molecule has 0 unspecified atom stereocenters. The number of carbonyl (C=O) groups is 1. The maximum atomic E-state index is 12.4. The normalized spacial score (nSPS) is 17.2. The third-order valence-electron chi connectivity index (χ3n) is 4.11. The molecule has 2 rings (SSSR count). The van der Waals surface area contributed by atoms with E-state index in [0.29, 0.717) is 17.7 Å². The van der Waals surface area contributed by atoms with Crippen LogP contribution in [-0.4, -0.2) is 18.5 Å². The van der Waals surface area contributed by atoms with Crippen molar-refractivity contribution in [3.63, 3.8) is 0 Å². The van der Waals surface area contributed by atoms with Gasteiger partial charge >= 0.3 is 0 Å². The lowest BCUT2D eigenvalue weighted by atomic mass is 9.80. The first-order valence-corrected chi connectivity index (χ1v) is 7.10. The summed E-state index contributed by atoms with van der Waals surface area (Å²) in [6.07, 6.45) is 5.58. The van der Waals surface area contributed by atoms with E-state index in [0.717, 1.165) is 25.7 Å². The van der Waals surface area contributed by atoms with Crippen LogP contribution in [0.25, 0.3) is 0 Å². The molecule has 0 saturated heterocycles. The molecule has 0 aliphatic heterocycles. The summed E-state index contributed by atoms with van der Waals surface area (Å²) in [5.74, 6) is -0.0166. The number of hydrogen-bond donors (Lipinski definition) is 1. The minimum atomic E-state index is -0.370. The van der Waals surface area contributed by atoms with E-state index >= 15 is 0 Å². The van der Waals surface area contributed by atoms with Crippen molar-refractivity contribution in [1.82, 2.24) is 0 Å². The van der Waals surface area contributed by atoms with Crippen LogP contribution < -0.4 is 10.6 Å². The molecule has 0 spiro atoms. The molecule has 1 amide bonds. The Bertz CT molecular complexity index is 527. The summed E-state index contributed by atoms with van der Waals surface area (Å²) in [5.41, 5.74) is 7.13. The lowest BCUT2D eigenvalue weighted by Crippen LogP contribution is -2.46. The van der Waals surface area contributed by atoms with Crippen LogP contribution in [-0.2, 0) is 4.79 Å². The fourth-order valence-electron chi connectivity index (χ4n) is 2.85. The first kappa shape index (κ1) is 14.5. The van der Waals surface area contributed by atoms with E-state index < -0.39 is 0 Å². The molecule has 0 radical (unpaired) electrons. The molecule has 0 aromatic heterocycles. The van der Waals surface area contributed by atoms with Gasteiger partial charge in [-0.15, -0.1) is 0 Å². The van der Waals surface area contributed by atoms with Crippen molar-refractivity contribution < 1.29 is 4.79 Å². The minimum Gasteiger partial charge on any atom is -0.325 e. The molecule has 2 N–H and O–H groups in total. The summed E-state index contributed by atoms with van der Waals surface area (Å²) in [4.78, 5) is 14.0. The summed E-state index contributed by atoms with van der Waals surface area (Å²) in [6, 6.07) is 9.26. The molecule has 1 aromatic carbocycles. The van der Waals surface area contributed by atoms with Crippen molar-refractivity contribution in [3.8, 4) is 6.07 Å². The number of rotatable bonds is 3. The third-order valence-corrected chi connectivity index (χ3v) is 4.11. The van der Waals surface area contributed by atoms with Gasteiger partial charge in [0.15, 0.2) is 0 Å². The Balaban J connectivity index is 2.11. The van der Waals surface area contributed by atoms with E-state index in [-0.39, 0.29) is 11.4 Å². The summed E-state index contributed by atoms with van der Waals surface area (Å²) < 4.78 is 0. The molecule has 4 nitrogen and oxygen atoms in total. The molecule has 4 heteroatoms. The van der Waals surface area contributed by atoms with Crippen molar-refractivity contribution in [1.29, 1.82) is 5.26 Å². The first-order chi connectivity index (χ1) is 9.56. The van der Waals surface area contributed by atoms with E-state index in [2.05, 4.69) is 6.07 Å². The van der Waals surface area contributed by atoms with Gasteiger partial charge in [0.1, 0.15) is 6.07 Å². The van der Waals surface area contributed by atoms with Gasteiger partial charge in [0.05, 0.1) is 11.3 Å². The fraction of sp³-hybridized carbons (Fsp3) is 0.500. The number of hydrogen-bond acceptors (Lipinski definition) is 3. The Morgan fingerprint density at radius 3 is 2.65 bits per heavy atom. The van der Waals surface area contributed by atoms with Gasteiger partial charge < -0.3 is 10.6 Å². The maximum Gasteiger partial charge on any atom is 0.228 e. The second kappa shape index (κ2) is 6.06. The predicted molar refractivity (Wildman–Crippen MR) is 79.2 cm³/mol. The lowest BCUT2D eigenvalue weighted by Gasteiger charge is -2.34.